The third-order valence-electron chi connectivity index (χ3n) is 9.11. The van der Waals surface area contributed by atoms with Crippen LogP contribution in [0.3, 0.4) is 0 Å². The number of alkyl halides is 3. The van der Waals surface area contributed by atoms with Gasteiger partial charge in [0.2, 0.25) is 17.7 Å². The van der Waals surface area contributed by atoms with Crippen LogP contribution in [-0.4, -0.2) is 75.2 Å². The van der Waals surface area contributed by atoms with Gasteiger partial charge in [-0.1, -0.05) is 45.0 Å². The Kier molecular flexibility index (Phi) is 9.17. The van der Waals surface area contributed by atoms with Crippen LogP contribution in [-0.2, 0) is 25.3 Å². The maximum Gasteiger partial charge on any atom is 0.417 e. The molecule has 3 fully saturated rings. The summed E-state index contributed by atoms with van der Waals surface area (Å²) in [6, 6.07) is 4.06. The Bertz CT molecular complexity index is 1570. The van der Waals surface area contributed by atoms with Gasteiger partial charge in [0, 0.05) is 23.8 Å². The fourth-order valence-corrected chi connectivity index (χ4v) is 6.43. The fourth-order valence-electron chi connectivity index (χ4n) is 6.43. The number of alkyl carbamates (subject to hydrolysis) is 1. The number of carbonyl (C=O) groups is 4. The number of fused-ring (bicyclic) bond motifs is 1. The number of ether oxygens (including phenoxy) is 2. The van der Waals surface area contributed by atoms with Crippen LogP contribution in [0.4, 0.5) is 18.0 Å². The lowest BCUT2D eigenvalue weighted by atomic mass is 9.85. The molecule has 254 valence electrons. The number of carbonyl (C=O) groups excluding carboxylic acids is 3. The van der Waals surface area contributed by atoms with Gasteiger partial charge in [-0.05, 0) is 43.6 Å². The van der Waals surface area contributed by atoms with Crippen molar-refractivity contribution >= 4 is 34.8 Å². The molecule has 1 aromatic carbocycles. The Balaban J connectivity index is 1.43. The monoisotopic (exact) mass is 660 g/mol. The van der Waals surface area contributed by atoms with Crippen LogP contribution in [0, 0.1) is 11.3 Å². The van der Waals surface area contributed by atoms with Gasteiger partial charge in [-0.15, -0.1) is 6.58 Å². The predicted octanol–water partition coefficient (Wildman–Crippen LogP) is 4.83. The van der Waals surface area contributed by atoms with E-state index in [1.165, 1.54) is 29.2 Å². The molecule has 5 rings (SSSR count). The normalized spacial score (nSPS) is 25.2. The second-order valence-corrected chi connectivity index (χ2v) is 13.6. The van der Waals surface area contributed by atoms with Gasteiger partial charge in [0.25, 0.3) is 0 Å². The summed E-state index contributed by atoms with van der Waals surface area (Å²) in [4.78, 5) is 58.3. The van der Waals surface area contributed by atoms with Gasteiger partial charge in [-0.25, -0.2) is 14.6 Å². The number of aliphatic carboxylic acids is 1. The highest BCUT2D eigenvalue weighted by atomic mass is 19.4. The minimum atomic E-state index is -4.71. The lowest BCUT2D eigenvalue weighted by Gasteiger charge is -2.35. The van der Waals surface area contributed by atoms with Crippen molar-refractivity contribution in [3.63, 3.8) is 0 Å². The van der Waals surface area contributed by atoms with E-state index < -0.39 is 70.7 Å². The number of amides is 3. The Morgan fingerprint density at radius 1 is 1.13 bits per heavy atom. The molecule has 2 saturated carbocycles. The van der Waals surface area contributed by atoms with Crippen molar-refractivity contribution in [3.8, 4) is 5.88 Å². The maximum absolute atomic E-state index is 14.2. The standard InChI is InChI=1S/C33H39F3N4O7/c1-5-18-16-32(18,29(43)44)39-27(41)24-14-20(46-25-15-22(33(34,35)36)21-12-8-9-13-23(21)37-25)17-40(24)28(42)26(31(2,3)4)38-30(45)47-19-10-6-7-11-19/h5,8-9,12-13,15,18-20,24,26H,1,6-7,10-11,14,16-17H2,2-4H3,(H,38,45)(H,39,41)(H,43,44). The van der Waals surface area contributed by atoms with Crippen LogP contribution < -0.4 is 15.4 Å². The van der Waals surface area contributed by atoms with Crippen LogP contribution in [0.15, 0.2) is 43.0 Å². The Labute approximate surface area is 269 Å². The number of aromatic nitrogens is 1. The summed E-state index contributed by atoms with van der Waals surface area (Å²) >= 11 is 0. The first-order valence-electron chi connectivity index (χ1n) is 15.6. The number of halogens is 3. The molecule has 5 atom stereocenters. The first kappa shape index (κ1) is 34.0. The van der Waals surface area contributed by atoms with Crippen molar-refractivity contribution in [2.45, 2.75) is 95.3 Å². The highest BCUT2D eigenvalue weighted by Crippen LogP contribution is 2.45. The SMILES string of the molecule is C=CC1CC1(NC(=O)C1CC(Oc2cc(C(F)(F)F)c3ccccc3n2)CN1C(=O)C(NC(=O)OC1CCCC1)C(C)(C)C)C(=O)O. The largest absolute Gasteiger partial charge is 0.479 e. The molecule has 2 heterocycles. The maximum atomic E-state index is 14.2. The number of carboxylic acids is 1. The van der Waals surface area contributed by atoms with Gasteiger partial charge in [-0.3, -0.25) is 9.59 Å². The van der Waals surface area contributed by atoms with Crippen LogP contribution in [0.5, 0.6) is 5.88 Å². The molecule has 2 aliphatic carbocycles. The Morgan fingerprint density at radius 2 is 1.81 bits per heavy atom. The zero-order valence-electron chi connectivity index (χ0n) is 26.4. The van der Waals surface area contributed by atoms with E-state index in [9.17, 15) is 37.5 Å². The quantitative estimate of drug-likeness (QED) is 0.324. The number of nitrogens with one attached hydrogen (secondary N) is 2. The first-order valence-corrected chi connectivity index (χ1v) is 15.6. The third-order valence-corrected chi connectivity index (χ3v) is 9.11. The number of likely N-dealkylation sites (tertiary alicyclic amines) is 1. The predicted molar refractivity (Wildman–Crippen MR) is 163 cm³/mol. The molecule has 2 aromatic rings. The number of carboxylic acid groups (broad SMARTS) is 1. The van der Waals surface area contributed by atoms with Crippen LogP contribution in [0.1, 0.15) is 64.9 Å². The molecule has 5 unspecified atom stereocenters. The number of para-hydroxylation sites is 1. The highest BCUT2D eigenvalue weighted by molar-refractivity contribution is 5.96. The average molecular weight is 661 g/mol. The summed E-state index contributed by atoms with van der Waals surface area (Å²) in [6.07, 6.45) is -2.12. The summed E-state index contributed by atoms with van der Waals surface area (Å²) in [5.41, 5.74) is -3.37. The van der Waals surface area contributed by atoms with Crippen molar-refractivity contribution in [2.75, 3.05) is 6.54 Å². The lowest BCUT2D eigenvalue weighted by molar-refractivity contribution is -0.146. The van der Waals surface area contributed by atoms with Crippen LogP contribution in [0.2, 0.25) is 0 Å². The summed E-state index contributed by atoms with van der Waals surface area (Å²) in [5, 5.41) is 15.0. The molecule has 1 saturated heterocycles. The molecule has 11 nitrogen and oxygen atoms in total. The Morgan fingerprint density at radius 3 is 2.40 bits per heavy atom. The zero-order valence-corrected chi connectivity index (χ0v) is 26.4. The summed E-state index contributed by atoms with van der Waals surface area (Å²) < 4.78 is 53.4. The number of hydrogen-bond donors (Lipinski definition) is 3. The van der Waals surface area contributed by atoms with Gasteiger partial charge in [0.15, 0.2) is 0 Å². The van der Waals surface area contributed by atoms with E-state index in [0.29, 0.717) is 12.8 Å². The molecular weight excluding hydrogens is 621 g/mol. The summed E-state index contributed by atoms with van der Waals surface area (Å²) in [6.45, 7) is 8.55. The van der Waals surface area contributed by atoms with Crippen LogP contribution >= 0.6 is 0 Å². The van der Waals surface area contributed by atoms with E-state index >= 15 is 0 Å². The smallest absolute Gasteiger partial charge is 0.417 e. The van der Waals surface area contributed by atoms with E-state index in [1.807, 2.05) is 0 Å². The van der Waals surface area contributed by atoms with Crippen molar-refractivity contribution in [1.82, 2.24) is 20.5 Å². The molecule has 1 aromatic heterocycles. The molecular formula is C33H39F3N4O7. The second kappa shape index (κ2) is 12.7. The molecule has 0 radical (unpaired) electrons. The first-order chi connectivity index (χ1) is 22.0. The van der Waals surface area contributed by atoms with Crippen molar-refractivity contribution < 1.29 is 46.9 Å². The topological polar surface area (TPSA) is 147 Å². The molecule has 0 spiro atoms. The van der Waals surface area contributed by atoms with Gasteiger partial charge >= 0.3 is 18.2 Å². The number of benzene rings is 1. The van der Waals surface area contributed by atoms with E-state index in [4.69, 9.17) is 9.47 Å². The van der Waals surface area contributed by atoms with Crippen molar-refractivity contribution in [3.05, 3.63) is 48.6 Å². The van der Waals surface area contributed by atoms with E-state index in [2.05, 4.69) is 22.2 Å². The van der Waals surface area contributed by atoms with Crippen molar-refractivity contribution in [1.29, 1.82) is 0 Å². The van der Waals surface area contributed by atoms with Crippen molar-refractivity contribution in [2.24, 2.45) is 11.3 Å². The molecule has 0 bridgehead atoms. The molecule has 1 aliphatic heterocycles. The third kappa shape index (κ3) is 7.15. The molecule has 3 aliphatic rings. The fraction of sp³-hybridized carbons (Fsp3) is 0.545. The van der Waals surface area contributed by atoms with Gasteiger partial charge < -0.3 is 30.1 Å². The molecule has 47 heavy (non-hydrogen) atoms. The van der Waals surface area contributed by atoms with E-state index in [1.54, 1.807) is 26.8 Å². The highest BCUT2D eigenvalue weighted by Gasteiger charge is 2.61. The Hall–Kier alpha value is -4.36. The minimum Gasteiger partial charge on any atom is -0.479 e. The molecule has 3 amide bonds. The number of hydrogen-bond acceptors (Lipinski definition) is 7. The molecule has 3 N–H and O–H groups in total. The average Bonchev–Trinajstić information content (AvgIpc) is 3.27. The number of nitrogens with zero attached hydrogens (tertiary/aromatic N) is 2. The number of pyridine rings is 1. The lowest BCUT2D eigenvalue weighted by Crippen LogP contribution is -2.59. The zero-order chi connectivity index (χ0) is 34.3. The van der Waals surface area contributed by atoms with Gasteiger partial charge in [-0.2, -0.15) is 13.2 Å². The van der Waals surface area contributed by atoms with Crippen LogP contribution in [0.25, 0.3) is 10.9 Å². The minimum absolute atomic E-state index is 0.0444. The molecule has 14 heteroatoms. The number of rotatable bonds is 9. The van der Waals surface area contributed by atoms with Gasteiger partial charge in [0.1, 0.15) is 29.8 Å². The van der Waals surface area contributed by atoms with E-state index in [-0.39, 0.29) is 42.3 Å². The summed E-state index contributed by atoms with van der Waals surface area (Å²) in [7, 11) is 0. The summed E-state index contributed by atoms with van der Waals surface area (Å²) in [5.74, 6) is -3.58. The second-order valence-electron chi connectivity index (χ2n) is 13.6. The van der Waals surface area contributed by atoms with Gasteiger partial charge in [0.05, 0.1) is 17.6 Å². The van der Waals surface area contributed by atoms with E-state index in [0.717, 1.165) is 18.9 Å².